The monoisotopic (exact) mass is 420 g/mol. The maximum Gasteiger partial charge on any atom is 0.327 e. The van der Waals surface area contributed by atoms with Crippen LogP contribution in [0.5, 0.6) is 5.75 Å². The van der Waals surface area contributed by atoms with Gasteiger partial charge in [-0.1, -0.05) is 30.3 Å². The van der Waals surface area contributed by atoms with Crippen molar-refractivity contribution in [1.82, 2.24) is 5.32 Å². The van der Waals surface area contributed by atoms with Gasteiger partial charge in [-0.25, -0.2) is 8.42 Å². The van der Waals surface area contributed by atoms with Crippen molar-refractivity contribution in [2.75, 3.05) is 30.8 Å². The number of ether oxygens (including phenoxy) is 2. The van der Waals surface area contributed by atoms with Gasteiger partial charge in [0, 0.05) is 6.54 Å². The number of methoxy groups -OCH3 is 1. The number of nitrogens with zero attached hydrogens (tertiary/aromatic N) is 1. The zero-order chi connectivity index (χ0) is 21.4. The van der Waals surface area contributed by atoms with Gasteiger partial charge in [-0.15, -0.1) is 0 Å². The Bertz CT molecular complexity index is 957. The number of nitrogens with one attached hydrogen (secondary N) is 1. The third kappa shape index (κ3) is 6.79. The van der Waals surface area contributed by atoms with E-state index in [1.165, 1.54) is 0 Å². The van der Waals surface area contributed by atoms with E-state index in [0.717, 1.165) is 16.1 Å². The van der Waals surface area contributed by atoms with E-state index >= 15 is 0 Å². The normalized spacial score (nSPS) is 10.9. The van der Waals surface area contributed by atoms with Crippen LogP contribution in [-0.4, -0.2) is 46.8 Å². The molecule has 0 aromatic heterocycles. The van der Waals surface area contributed by atoms with Gasteiger partial charge in [0.15, 0.2) is 6.61 Å². The number of hydrogen-bond donors (Lipinski definition) is 1. The largest absolute Gasteiger partial charge is 0.497 e. The van der Waals surface area contributed by atoms with E-state index in [9.17, 15) is 18.0 Å². The van der Waals surface area contributed by atoms with Crippen molar-refractivity contribution in [3.05, 3.63) is 59.7 Å². The number of rotatable bonds is 9. The molecule has 0 atom stereocenters. The molecule has 0 radical (unpaired) electrons. The van der Waals surface area contributed by atoms with Crippen molar-refractivity contribution >= 4 is 27.6 Å². The van der Waals surface area contributed by atoms with E-state index in [1.54, 1.807) is 62.6 Å². The first-order valence-electron chi connectivity index (χ1n) is 8.79. The number of sulfonamides is 1. The molecule has 0 saturated heterocycles. The van der Waals surface area contributed by atoms with Crippen LogP contribution in [0.2, 0.25) is 0 Å². The minimum Gasteiger partial charge on any atom is -0.497 e. The first kappa shape index (κ1) is 22.2. The Morgan fingerprint density at radius 3 is 2.31 bits per heavy atom. The Labute approximate surface area is 170 Å². The van der Waals surface area contributed by atoms with Crippen molar-refractivity contribution in [1.29, 1.82) is 0 Å². The molecule has 2 aromatic carbocycles. The highest BCUT2D eigenvalue weighted by atomic mass is 32.2. The quantitative estimate of drug-likeness (QED) is 0.619. The highest BCUT2D eigenvalue weighted by Gasteiger charge is 2.23. The van der Waals surface area contributed by atoms with Gasteiger partial charge in [0.25, 0.3) is 5.91 Å². The third-order valence-corrected chi connectivity index (χ3v) is 5.20. The molecule has 156 valence electrons. The second kappa shape index (κ2) is 9.92. The molecule has 9 heteroatoms. The van der Waals surface area contributed by atoms with Crippen LogP contribution in [0.4, 0.5) is 5.69 Å². The molecule has 0 aliphatic heterocycles. The number of hydrogen-bond acceptors (Lipinski definition) is 6. The Morgan fingerprint density at radius 1 is 1.07 bits per heavy atom. The second-order valence-electron chi connectivity index (χ2n) is 6.34. The first-order valence-corrected chi connectivity index (χ1v) is 10.6. The summed E-state index contributed by atoms with van der Waals surface area (Å²) in [5.41, 5.74) is 1.94. The van der Waals surface area contributed by atoms with Crippen LogP contribution in [0, 0.1) is 6.92 Å². The number of anilines is 1. The fourth-order valence-electron chi connectivity index (χ4n) is 2.53. The van der Waals surface area contributed by atoms with E-state index in [2.05, 4.69) is 5.32 Å². The van der Waals surface area contributed by atoms with Crippen molar-refractivity contribution in [3.8, 4) is 5.75 Å². The standard InChI is InChI=1S/C20H24N2O6S/c1-15-6-4-5-7-18(15)22(29(3,25)26)13-20(24)28-14-19(23)21-12-16-8-10-17(27-2)11-9-16/h4-11H,12-14H2,1-3H3,(H,21,23). The third-order valence-electron chi connectivity index (χ3n) is 4.07. The van der Waals surface area contributed by atoms with Crippen LogP contribution in [0.15, 0.2) is 48.5 Å². The van der Waals surface area contributed by atoms with Crippen molar-refractivity contribution in [3.63, 3.8) is 0 Å². The molecule has 0 unspecified atom stereocenters. The molecule has 2 aromatic rings. The number of carbonyl (C=O) groups excluding carboxylic acids is 2. The van der Waals surface area contributed by atoms with E-state index in [-0.39, 0.29) is 6.54 Å². The number of para-hydroxylation sites is 1. The summed E-state index contributed by atoms with van der Waals surface area (Å²) in [5, 5.41) is 2.63. The van der Waals surface area contributed by atoms with Crippen LogP contribution < -0.4 is 14.4 Å². The van der Waals surface area contributed by atoms with Crippen LogP contribution in [0.1, 0.15) is 11.1 Å². The lowest BCUT2D eigenvalue weighted by molar-refractivity contribution is -0.147. The summed E-state index contributed by atoms with van der Waals surface area (Å²) in [6.45, 7) is 0.986. The number of amides is 1. The maximum absolute atomic E-state index is 12.1. The lowest BCUT2D eigenvalue weighted by Crippen LogP contribution is -2.37. The Morgan fingerprint density at radius 2 is 1.72 bits per heavy atom. The molecule has 0 heterocycles. The van der Waals surface area contributed by atoms with Gasteiger partial charge in [-0.3, -0.25) is 13.9 Å². The van der Waals surface area contributed by atoms with Gasteiger partial charge in [0.2, 0.25) is 10.0 Å². The topological polar surface area (TPSA) is 102 Å². The SMILES string of the molecule is COc1ccc(CNC(=O)COC(=O)CN(c2ccccc2C)S(C)(=O)=O)cc1. The molecule has 29 heavy (non-hydrogen) atoms. The van der Waals surface area contributed by atoms with E-state index in [0.29, 0.717) is 17.0 Å². The molecular formula is C20H24N2O6S. The lowest BCUT2D eigenvalue weighted by atomic mass is 10.2. The molecule has 0 spiro atoms. The fourth-order valence-corrected chi connectivity index (χ4v) is 3.43. The zero-order valence-corrected chi connectivity index (χ0v) is 17.4. The number of carbonyl (C=O) groups is 2. The van der Waals surface area contributed by atoms with Gasteiger partial charge in [-0.2, -0.15) is 0 Å². The predicted molar refractivity (Wildman–Crippen MR) is 109 cm³/mol. The fraction of sp³-hybridized carbons (Fsp3) is 0.300. The van der Waals surface area contributed by atoms with E-state index in [1.807, 2.05) is 0 Å². The molecule has 1 N–H and O–H groups in total. The van der Waals surface area contributed by atoms with Gasteiger partial charge in [0.1, 0.15) is 12.3 Å². The molecule has 0 fully saturated rings. The summed E-state index contributed by atoms with van der Waals surface area (Å²) in [5.74, 6) is -0.604. The average molecular weight is 420 g/mol. The molecule has 0 saturated carbocycles. The smallest absolute Gasteiger partial charge is 0.327 e. The Hall–Kier alpha value is -3.07. The number of esters is 1. The molecule has 0 aliphatic carbocycles. The minimum atomic E-state index is -3.70. The molecule has 8 nitrogen and oxygen atoms in total. The summed E-state index contributed by atoms with van der Waals surface area (Å²) in [7, 11) is -2.14. The number of aryl methyl sites for hydroxylation is 1. The predicted octanol–water partition coefficient (Wildman–Crippen LogP) is 1.63. The summed E-state index contributed by atoms with van der Waals surface area (Å²) < 4.78 is 35.1. The summed E-state index contributed by atoms with van der Waals surface area (Å²) in [6, 6.07) is 13.9. The summed E-state index contributed by atoms with van der Waals surface area (Å²) >= 11 is 0. The molecule has 1 amide bonds. The Kier molecular flexibility index (Phi) is 7.60. The van der Waals surface area contributed by atoms with Crippen LogP contribution >= 0.6 is 0 Å². The van der Waals surface area contributed by atoms with Gasteiger partial charge in [-0.05, 0) is 36.2 Å². The summed E-state index contributed by atoms with van der Waals surface area (Å²) in [4.78, 5) is 24.0. The highest BCUT2D eigenvalue weighted by molar-refractivity contribution is 7.92. The molecule has 2 rings (SSSR count). The first-order chi connectivity index (χ1) is 13.7. The van der Waals surface area contributed by atoms with E-state index in [4.69, 9.17) is 9.47 Å². The van der Waals surface area contributed by atoms with E-state index < -0.39 is 35.1 Å². The van der Waals surface area contributed by atoms with Gasteiger partial charge >= 0.3 is 5.97 Å². The summed E-state index contributed by atoms with van der Waals surface area (Å²) in [6.07, 6.45) is 1.01. The maximum atomic E-state index is 12.1. The molecule has 0 bridgehead atoms. The molecular weight excluding hydrogens is 396 g/mol. The number of benzene rings is 2. The van der Waals surface area contributed by atoms with Crippen molar-refractivity contribution in [2.45, 2.75) is 13.5 Å². The van der Waals surface area contributed by atoms with Crippen LogP contribution in [0.25, 0.3) is 0 Å². The van der Waals surface area contributed by atoms with Crippen LogP contribution in [0.3, 0.4) is 0 Å². The van der Waals surface area contributed by atoms with Gasteiger partial charge in [0.05, 0.1) is 19.1 Å². The minimum absolute atomic E-state index is 0.263. The zero-order valence-electron chi connectivity index (χ0n) is 16.5. The van der Waals surface area contributed by atoms with Crippen molar-refractivity contribution in [2.24, 2.45) is 0 Å². The average Bonchev–Trinajstić information content (AvgIpc) is 2.69. The lowest BCUT2D eigenvalue weighted by Gasteiger charge is -2.23. The van der Waals surface area contributed by atoms with Crippen molar-refractivity contribution < 1.29 is 27.5 Å². The Balaban J connectivity index is 1.88. The van der Waals surface area contributed by atoms with Crippen LogP contribution in [-0.2, 0) is 30.9 Å². The molecule has 0 aliphatic rings. The highest BCUT2D eigenvalue weighted by Crippen LogP contribution is 2.21. The van der Waals surface area contributed by atoms with Gasteiger partial charge < -0.3 is 14.8 Å². The second-order valence-corrected chi connectivity index (χ2v) is 8.25.